The molecule has 3 aliphatic heterocycles. The van der Waals surface area contributed by atoms with Crippen LogP contribution in [0.1, 0.15) is 58.8 Å². The molecule has 2 aromatic carbocycles. The molecule has 0 N–H and O–H groups in total. The van der Waals surface area contributed by atoms with Crippen molar-refractivity contribution >= 4 is 21.7 Å². The highest BCUT2D eigenvalue weighted by Crippen LogP contribution is 2.43. The summed E-state index contributed by atoms with van der Waals surface area (Å²) >= 11 is 0. The second-order valence-corrected chi connectivity index (χ2v) is 11.4. The van der Waals surface area contributed by atoms with Gasteiger partial charge in [0.05, 0.1) is 17.1 Å². The predicted molar refractivity (Wildman–Crippen MR) is 123 cm³/mol. The van der Waals surface area contributed by atoms with E-state index in [1.165, 1.54) is 5.56 Å². The third-order valence-corrected chi connectivity index (χ3v) is 8.34. The summed E-state index contributed by atoms with van der Waals surface area (Å²) in [6.45, 7) is 7.10. The number of hydrogen-bond acceptors (Lipinski definition) is 6. The number of allylic oxidation sites excluding steroid dienone is 1. The Kier molecular flexibility index (Phi) is 5.13. The van der Waals surface area contributed by atoms with Crippen molar-refractivity contribution in [2.75, 3.05) is 18.2 Å². The Labute approximate surface area is 188 Å². The average molecular weight is 454 g/mol. The van der Waals surface area contributed by atoms with Gasteiger partial charge in [-0.05, 0) is 42.5 Å². The number of nitrogens with zero attached hydrogens (tertiary/aromatic N) is 1. The first-order valence-corrected chi connectivity index (χ1v) is 12.8. The molecule has 7 heteroatoms. The van der Waals surface area contributed by atoms with E-state index >= 15 is 0 Å². The van der Waals surface area contributed by atoms with Gasteiger partial charge in [0.15, 0.2) is 15.6 Å². The molecule has 3 heterocycles. The second kappa shape index (κ2) is 7.74. The first-order valence-electron chi connectivity index (χ1n) is 11.0. The molecule has 5 rings (SSSR count). The van der Waals surface area contributed by atoms with Crippen molar-refractivity contribution in [3.05, 3.63) is 63.9 Å². The van der Waals surface area contributed by atoms with Gasteiger partial charge in [-0.2, -0.15) is 0 Å². The monoisotopic (exact) mass is 453 g/mol. The minimum atomic E-state index is -2.97. The standard InChI is InChI=1S/C25H27NO5S/c1-15(2)18-6-4-17(5-7-18)10-22-23(27)21-11-19-12-26(20-8-9-32(28,29)13-20)14-30-24(19)16(3)25(21)31-22/h4-7,10-11,15,20H,8-9,12-14H2,1-3H3/b22-10-. The molecule has 0 spiro atoms. The Bertz CT molecular complexity index is 1230. The molecule has 1 saturated heterocycles. The van der Waals surface area contributed by atoms with Gasteiger partial charge in [-0.15, -0.1) is 0 Å². The van der Waals surface area contributed by atoms with Crippen molar-refractivity contribution in [3.63, 3.8) is 0 Å². The normalized spacial score (nSPS) is 23.2. The highest BCUT2D eigenvalue weighted by molar-refractivity contribution is 7.91. The van der Waals surface area contributed by atoms with E-state index in [1.807, 2.05) is 30.0 Å². The number of carbonyl (C=O) groups excluding carboxylic acids is 1. The highest BCUT2D eigenvalue weighted by atomic mass is 32.2. The SMILES string of the molecule is Cc1c2c(cc3c1O/C(=C\c1ccc(C(C)C)cc1)C3=O)CN(C1CCS(=O)(=O)C1)CO2. The summed E-state index contributed by atoms with van der Waals surface area (Å²) in [4.78, 5) is 15.2. The van der Waals surface area contributed by atoms with Crippen LogP contribution in [-0.2, 0) is 16.4 Å². The molecule has 6 nitrogen and oxygen atoms in total. The number of sulfone groups is 1. The zero-order chi connectivity index (χ0) is 22.6. The molecule has 0 radical (unpaired) electrons. The molecule has 32 heavy (non-hydrogen) atoms. The van der Waals surface area contributed by atoms with E-state index in [1.54, 1.807) is 6.08 Å². The number of benzene rings is 2. The lowest BCUT2D eigenvalue weighted by Gasteiger charge is -2.33. The molecule has 1 unspecified atom stereocenters. The first kappa shape index (κ1) is 21.2. The van der Waals surface area contributed by atoms with Gasteiger partial charge in [-0.25, -0.2) is 8.42 Å². The maximum absolute atomic E-state index is 13.1. The third kappa shape index (κ3) is 3.73. The summed E-state index contributed by atoms with van der Waals surface area (Å²) in [6, 6.07) is 9.93. The summed E-state index contributed by atoms with van der Waals surface area (Å²) in [7, 11) is -2.97. The van der Waals surface area contributed by atoms with Crippen LogP contribution in [0, 0.1) is 6.92 Å². The van der Waals surface area contributed by atoms with Crippen LogP contribution in [0.15, 0.2) is 36.1 Å². The van der Waals surface area contributed by atoms with Gasteiger partial charge in [0.2, 0.25) is 5.78 Å². The van der Waals surface area contributed by atoms with Crippen LogP contribution in [0.4, 0.5) is 0 Å². The number of ether oxygens (including phenoxy) is 2. The van der Waals surface area contributed by atoms with Gasteiger partial charge in [-0.1, -0.05) is 38.1 Å². The van der Waals surface area contributed by atoms with E-state index in [2.05, 4.69) is 26.0 Å². The molecule has 0 saturated carbocycles. The topological polar surface area (TPSA) is 72.9 Å². The summed E-state index contributed by atoms with van der Waals surface area (Å²) in [6.07, 6.45) is 2.40. The summed E-state index contributed by atoms with van der Waals surface area (Å²) in [5.74, 6) is 2.29. The number of rotatable bonds is 3. The lowest BCUT2D eigenvalue weighted by Crippen LogP contribution is -2.41. The molecular formula is C25H27NO5S. The van der Waals surface area contributed by atoms with Crippen LogP contribution in [0.2, 0.25) is 0 Å². The lowest BCUT2D eigenvalue weighted by molar-refractivity contribution is 0.0637. The number of carbonyl (C=O) groups is 1. The number of hydrogen-bond donors (Lipinski definition) is 0. The fourth-order valence-corrected chi connectivity index (χ4v) is 6.45. The van der Waals surface area contributed by atoms with Crippen LogP contribution in [0.25, 0.3) is 6.08 Å². The Hall–Kier alpha value is -2.64. The maximum atomic E-state index is 13.1. The molecule has 0 aliphatic carbocycles. The molecule has 0 bridgehead atoms. The zero-order valence-corrected chi connectivity index (χ0v) is 19.4. The highest BCUT2D eigenvalue weighted by Gasteiger charge is 2.37. The van der Waals surface area contributed by atoms with Crippen molar-refractivity contribution in [2.45, 2.75) is 45.7 Å². The second-order valence-electron chi connectivity index (χ2n) is 9.20. The summed E-state index contributed by atoms with van der Waals surface area (Å²) in [5.41, 5.74) is 4.41. The number of ketones is 1. The predicted octanol–water partition coefficient (Wildman–Crippen LogP) is 4.07. The largest absolute Gasteiger partial charge is 0.477 e. The molecule has 1 fully saturated rings. The van der Waals surface area contributed by atoms with E-state index in [0.717, 1.165) is 22.4 Å². The molecule has 0 amide bonds. The fraction of sp³-hybridized carbons (Fsp3) is 0.400. The lowest BCUT2D eigenvalue weighted by atomic mass is 9.99. The molecule has 0 aromatic heterocycles. The molecule has 168 valence electrons. The Morgan fingerprint density at radius 3 is 2.56 bits per heavy atom. The minimum absolute atomic E-state index is 0.0436. The van der Waals surface area contributed by atoms with Crippen molar-refractivity contribution in [1.29, 1.82) is 0 Å². The average Bonchev–Trinajstić information content (AvgIpc) is 3.28. The van der Waals surface area contributed by atoms with Crippen molar-refractivity contribution in [1.82, 2.24) is 4.90 Å². The van der Waals surface area contributed by atoms with Crippen molar-refractivity contribution in [3.8, 4) is 11.5 Å². The van der Waals surface area contributed by atoms with Gasteiger partial charge >= 0.3 is 0 Å². The van der Waals surface area contributed by atoms with Crippen LogP contribution in [-0.4, -0.2) is 43.4 Å². The molecular weight excluding hydrogens is 426 g/mol. The van der Waals surface area contributed by atoms with Crippen molar-refractivity contribution < 1.29 is 22.7 Å². The third-order valence-electron chi connectivity index (χ3n) is 6.59. The van der Waals surface area contributed by atoms with Gasteiger partial charge in [0.1, 0.15) is 18.2 Å². The van der Waals surface area contributed by atoms with Crippen LogP contribution >= 0.6 is 0 Å². The van der Waals surface area contributed by atoms with Gasteiger partial charge in [-0.3, -0.25) is 9.69 Å². The van der Waals surface area contributed by atoms with E-state index in [9.17, 15) is 13.2 Å². The number of Topliss-reactive ketones (excluding diaryl/α,β-unsaturated/α-hetero) is 1. The van der Waals surface area contributed by atoms with E-state index < -0.39 is 9.84 Å². The summed E-state index contributed by atoms with van der Waals surface area (Å²) < 4.78 is 35.8. The van der Waals surface area contributed by atoms with E-state index in [-0.39, 0.29) is 23.3 Å². The minimum Gasteiger partial charge on any atom is -0.477 e. The van der Waals surface area contributed by atoms with Crippen LogP contribution < -0.4 is 9.47 Å². The van der Waals surface area contributed by atoms with E-state index in [4.69, 9.17) is 9.47 Å². The van der Waals surface area contributed by atoms with Gasteiger partial charge in [0, 0.05) is 23.7 Å². The maximum Gasteiger partial charge on any atom is 0.231 e. The van der Waals surface area contributed by atoms with Crippen LogP contribution in [0.3, 0.4) is 0 Å². The Balaban J connectivity index is 1.41. The smallest absolute Gasteiger partial charge is 0.231 e. The Morgan fingerprint density at radius 2 is 1.91 bits per heavy atom. The van der Waals surface area contributed by atoms with Gasteiger partial charge in [0.25, 0.3) is 0 Å². The summed E-state index contributed by atoms with van der Waals surface area (Å²) in [5, 5.41) is 0. The zero-order valence-electron chi connectivity index (χ0n) is 18.6. The first-order chi connectivity index (χ1) is 15.2. The molecule has 1 atom stereocenters. The van der Waals surface area contributed by atoms with Crippen molar-refractivity contribution in [2.24, 2.45) is 0 Å². The van der Waals surface area contributed by atoms with E-state index in [0.29, 0.717) is 42.7 Å². The Morgan fingerprint density at radius 1 is 1.16 bits per heavy atom. The molecule has 2 aromatic rings. The quantitative estimate of drug-likeness (QED) is 0.653. The fourth-order valence-electron chi connectivity index (χ4n) is 4.69. The van der Waals surface area contributed by atoms with Crippen LogP contribution in [0.5, 0.6) is 11.5 Å². The molecule has 3 aliphatic rings. The number of fused-ring (bicyclic) bond motifs is 2. The van der Waals surface area contributed by atoms with Gasteiger partial charge < -0.3 is 9.47 Å².